The number of ether oxygens (including phenoxy) is 4. The Balaban J connectivity index is 1.76. The average Bonchev–Trinajstić information content (AvgIpc) is 3.44. The predicted octanol–water partition coefficient (Wildman–Crippen LogP) is 3.37. The second-order valence-electron chi connectivity index (χ2n) is 8.02. The Morgan fingerprint density at radius 3 is 2.41 bits per heavy atom. The van der Waals surface area contributed by atoms with Gasteiger partial charge in [0.2, 0.25) is 5.82 Å². The first-order valence-electron chi connectivity index (χ1n) is 11.5. The van der Waals surface area contributed by atoms with Gasteiger partial charge in [0.15, 0.2) is 11.5 Å². The lowest BCUT2D eigenvalue weighted by molar-refractivity contribution is 0.132. The van der Waals surface area contributed by atoms with E-state index in [-0.39, 0.29) is 5.56 Å². The number of aliphatic imine (C=N–C) groups is 1. The fourth-order valence-corrected chi connectivity index (χ4v) is 3.60. The molecule has 0 fully saturated rings. The second-order valence-corrected chi connectivity index (χ2v) is 8.02. The van der Waals surface area contributed by atoms with Crippen LogP contribution in [0.15, 0.2) is 58.8 Å². The zero-order valence-electron chi connectivity index (χ0n) is 20.9. The van der Waals surface area contributed by atoms with Crippen molar-refractivity contribution in [1.29, 1.82) is 0 Å². The van der Waals surface area contributed by atoms with Crippen LogP contribution in [-0.4, -0.2) is 72.0 Å². The van der Waals surface area contributed by atoms with E-state index < -0.39 is 0 Å². The van der Waals surface area contributed by atoms with Gasteiger partial charge < -0.3 is 23.9 Å². The van der Waals surface area contributed by atoms with E-state index in [1.807, 2.05) is 31.2 Å². The number of pyridine rings is 1. The standard InChI is InChI=1S/C26H28N6O5/c1-5-20(27-21-13-17(7-6-16(21)2)25-29-31-32-30-25)19-12-18-14-23(36-10-8-34-3)24(37-11-9-35-4)15-22(18)28-26(19)33/h5-7,12-15H,1,8-11H2,2-4H3,(H,28,33)(H,29,30,31,32). The SMILES string of the molecule is C=CC(=Nc1cc(-c2nn[nH]n2)ccc1C)c1cc2cc(OCCOC)c(OCCOC)cc2[nH]c1=O. The highest BCUT2D eigenvalue weighted by Crippen LogP contribution is 2.32. The molecule has 37 heavy (non-hydrogen) atoms. The topological polar surface area (TPSA) is 137 Å². The van der Waals surface area contributed by atoms with Gasteiger partial charge in [0.1, 0.15) is 13.2 Å². The zero-order chi connectivity index (χ0) is 26.2. The normalized spacial score (nSPS) is 11.6. The van der Waals surface area contributed by atoms with Crippen LogP contribution in [0.3, 0.4) is 0 Å². The monoisotopic (exact) mass is 504 g/mol. The Bertz CT molecular complexity index is 1460. The second kappa shape index (κ2) is 12.1. The van der Waals surface area contributed by atoms with E-state index in [1.165, 1.54) is 0 Å². The summed E-state index contributed by atoms with van der Waals surface area (Å²) in [6, 6.07) is 10.9. The van der Waals surface area contributed by atoms with E-state index in [0.29, 0.717) is 66.2 Å². The lowest BCUT2D eigenvalue weighted by atomic mass is 10.1. The number of nitrogens with zero attached hydrogens (tertiary/aromatic N) is 4. The molecule has 0 unspecified atom stereocenters. The largest absolute Gasteiger partial charge is 0.487 e. The van der Waals surface area contributed by atoms with Crippen molar-refractivity contribution in [2.24, 2.45) is 4.99 Å². The average molecular weight is 505 g/mol. The summed E-state index contributed by atoms with van der Waals surface area (Å²) in [6.45, 7) is 7.32. The van der Waals surface area contributed by atoms with Crippen LogP contribution in [0.4, 0.5) is 5.69 Å². The van der Waals surface area contributed by atoms with Crippen molar-refractivity contribution in [2.45, 2.75) is 6.92 Å². The number of benzene rings is 2. The van der Waals surface area contributed by atoms with Crippen molar-refractivity contribution in [3.05, 3.63) is 70.5 Å². The lowest BCUT2D eigenvalue weighted by Gasteiger charge is -2.14. The Hall–Kier alpha value is -4.35. The van der Waals surface area contributed by atoms with Crippen molar-refractivity contribution >= 4 is 22.3 Å². The summed E-state index contributed by atoms with van der Waals surface area (Å²) >= 11 is 0. The Morgan fingerprint density at radius 1 is 1.03 bits per heavy atom. The summed E-state index contributed by atoms with van der Waals surface area (Å²) < 4.78 is 21.9. The van der Waals surface area contributed by atoms with Crippen molar-refractivity contribution < 1.29 is 18.9 Å². The minimum absolute atomic E-state index is 0.311. The van der Waals surface area contributed by atoms with E-state index in [2.05, 4.69) is 32.2 Å². The molecule has 0 aliphatic rings. The first kappa shape index (κ1) is 25.7. The first-order chi connectivity index (χ1) is 18.0. The number of fused-ring (bicyclic) bond motifs is 1. The van der Waals surface area contributed by atoms with Crippen LogP contribution < -0.4 is 15.0 Å². The van der Waals surface area contributed by atoms with Crippen LogP contribution >= 0.6 is 0 Å². The van der Waals surface area contributed by atoms with Crippen LogP contribution in [0, 0.1) is 6.92 Å². The number of H-pyrrole nitrogens is 2. The zero-order valence-corrected chi connectivity index (χ0v) is 20.9. The number of aromatic amines is 2. The molecule has 0 saturated heterocycles. The van der Waals surface area contributed by atoms with Gasteiger partial charge in [-0.05, 0) is 42.0 Å². The van der Waals surface area contributed by atoms with Gasteiger partial charge in [-0.2, -0.15) is 5.21 Å². The molecule has 0 saturated carbocycles. The van der Waals surface area contributed by atoms with E-state index in [9.17, 15) is 4.79 Å². The maximum atomic E-state index is 13.1. The number of tetrazole rings is 1. The molecule has 4 rings (SSSR count). The molecule has 0 spiro atoms. The molecule has 0 amide bonds. The minimum atomic E-state index is -0.311. The number of hydrogen-bond donors (Lipinski definition) is 2. The number of hydrogen-bond acceptors (Lipinski definition) is 9. The summed E-state index contributed by atoms with van der Waals surface area (Å²) in [5.74, 6) is 1.47. The fraction of sp³-hybridized carbons (Fsp3) is 0.269. The summed E-state index contributed by atoms with van der Waals surface area (Å²) in [6.07, 6.45) is 1.55. The van der Waals surface area contributed by atoms with E-state index >= 15 is 0 Å². The maximum Gasteiger partial charge on any atom is 0.257 e. The molecular weight excluding hydrogens is 476 g/mol. The molecule has 0 aliphatic carbocycles. The smallest absolute Gasteiger partial charge is 0.257 e. The van der Waals surface area contributed by atoms with Crippen LogP contribution in [0.25, 0.3) is 22.3 Å². The van der Waals surface area contributed by atoms with Crippen molar-refractivity contribution in [2.75, 3.05) is 40.6 Å². The van der Waals surface area contributed by atoms with Crippen LogP contribution in [-0.2, 0) is 9.47 Å². The molecule has 4 aromatic rings. The van der Waals surface area contributed by atoms with E-state index in [0.717, 1.165) is 16.5 Å². The van der Waals surface area contributed by atoms with Gasteiger partial charge in [-0.3, -0.25) is 4.79 Å². The molecule has 2 aromatic heterocycles. The maximum absolute atomic E-state index is 13.1. The van der Waals surface area contributed by atoms with Crippen molar-refractivity contribution in [3.63, 3.8) is 0 Å². The Labute approximate surface area is 213 Å². The number of rotatable bonds is 12. The number of methoxy groups -OCH3 is 2. The number of nitrogens with one attached hydrogen (secondary N) is 2. The fourth-order valence-electron chi connectivity index (χ4n) is 3.60. The third-order valence-corrected chi connectivity index (χ3v) is 5.52. The van der Waals surface area contributed by atoms with Gasteiger partial charge in [-0.15, -0.1) is 10.2 Å². The summed E-state index contributed by atoms with van der Waals surface area (Å²) in [5, 5.41) is 14.8. The van der Waals surface area contributed by atoms with E-state index in [1.54, 1.807) is 32.4 Å². The molecule has 0 radical (unpaired) electrons. The molecule has 2 aromatic carbocycles. The summed E-state index contributed by atoms with van der Waals surface area (Å²) in [4.78, 5) is 20.8. The molecule has 11 heteroatoms. The molecule has 0 atom stereocenters. The first-order valence-corrected chi connectivity index (χ1v) is 11.5. The number of aromatic nitrogens is 5. The van der Waals surface area contributed by atoms with Gasteiger partial charge in [-0.1, -0.05) is 18.7 Å². The third kappa shape index (κ3) is 6.08. The molecule has 2 heterocycles. The third-order valence-electron chi connectivity index (χ3n) is 5.52. The minimum Gasteiger partial charge on any atom is -0.487 e. The van der Waals surface area contributed by atoms with Gasteiger partial charge >= 0.3 is 0 Å². The highest BCUT2D eigenvalue weighted by molar-refractivity contribution is 6.11. The summed E-state index contributed by atoms with van der Waals surface area (Å²) in [7, 11) is 3.20. The van der Waals surface area contributed by atoms with Gasteiger partial charge in [0.05, 0.1) is 35.7 Å². The van der Waals surface area contributed by atoms with Crippen molar-refractivity contribution in [1.82, 2.24) is 25.6 Å². The van der Waals surface area contributed by atoms with Crippen LogP contribution in [0.1, 0.15) is 11.1 Å². The highest BCUT2D eigenvalue weighted by Gasteiger charge is 2.14. The van der Waals surface area contributed by atoms with Crippen LogP contribution in [0.5, 0.6) is 11.5 Å². The molecule has 11 nitrogen and oxygen atoms in total. The van der Waals surface area contributed by atoms with Gasteiger partial charge in [0.25, 0.3) is 5.56 Å². The molecule has 0 aliphatic heterocycles. The molecule has 0 bridgehead atoms. The molecule has 192 valence electrons. The van der Waals surface area contributed by atoms with Crippen LogP contribution in [0.2, 0.25) is 0 Å². The lowest BCUT2D eigenvalue weighted by Crippen LogP contribution is -2.17. The highest BCUT2D eigenvalue weighted by atomic mass is 16.5. The predicted molar refractivity (Wildman–Crippen MR) is 140 cm³/mol. The number of allylic oxidation sites excluding steroid dienone is 1. The van der Waals surface area contributed by atoms with Crippen molar-refractivity contribution in [3.8, 4) is 22.9 Å². The van der Waals surface area contributed by atoms with E-state index in [4.69, 9.17) is 23.9 Å². The summed E-state index contributed by atoms with van der Waals surface area (Å²) in [5.41, 5.74) is 3.37. The number of aryl methyl sites for hydroxylation is 1. The Morgan fingerprint density at radius 2 is 1.76 bits per heavy atom. The van der Waals surface area contributed by atoms with Gasteiger partial charge in [-0.25, -0.2) is 4.99 Å². The van der Waals surface area contributed by atoms with Gasteiger partial charge in [0, 0.05) is 31.2 Å². The Kier molecular flexibility index (Phi) is 8.39. The molecule has 2 N–H and O–H groups in total. The quantitative estimate of drug-likeness (QED) is 0.221. The molecular formula is C26H28N6O5.